The molecule has 59 heavy (non-hydrogen) atoms. The molecule has 0 radical (unpaired) electrons. The third-order valence-electron chi connectivity index (χ3n) is 15.6. The van der Waals surface area contributed by atoms with E-state index in [9.17, 15) is 20.1 Å². The van der Waals surface area contributed by atoms with Crippen LogP contribution in [-0.2, 0) is 42.7 Å². The minimum absolute atomic E-state index is 0.0150. The van der Waals surface area contributed by atoms with Crippen molar-refractivity contribution in [3.63, 3.8) is 0 Å². The average molecular weight is 828 g/mol. The van der Waals surface area contributed by atoms with E-state index in [4.69, 9.17) is 37.9 Å². The van der Waals surface area contributed by atoms with Gasteiger partial charge in [-0.05, 0) is 73.8 Å². The number of carboxylic acid groups (broad SMARTS) is 1. The summed E-state index contributed by atoms with van der Waals surface area (Å²) >= 11 is 0. The van der Waals surface area contributed by atoms with Crippen LogP contribution >= 0.6 is 0 Å². The Morgan fingerprint density at radius 3 is 2.51 bits per heavy atom. The van der Waals surface area contributed by atoms with E-state index < -0.39 is 52.7 Å². The molecule has 2 bridgehead atoms. The summed E-state index contributed by atoms with van der Waals surface area (Å²) in [5, 5.41) is 38.3. The van der Waals surface area contributed by atoms with E-state index in [2.05, 4.69) is 46.5 Å². The highest BCUT2D eigenvalue weighted by Crippen LogP contribution is 2.56. The van der Waals surface area contributed by atoms with Crippen LogP contribution in [0.2, 0.25) is 0 Å². The summed E-state index contributed by atoms with van der Waals surface area (Å²) in [6.07, 6.45) is 12.3. The monoisotopic (exact) mass is 827 g/mol. The third-order valence-corrected chi connectivity index (χ3v) is 15.6. The first-order valence-corrected chi connectivity index (χ1v) is 22.8. The van der Waals surface area contributed by atoms with Crippen LogP contribution in [0.1, 0.15) is 125 Å². The van der Waals surface area contributed by atoms with E-state index in [-0.39, 0.29) is 68.0 Å². The highest BCUT2D eigenvalue weighted by Gasteiger charge is 2.65. The molecule has 9 aliphatic heterocycles. The van der Waals surface area contributed by atoms with E-state index in [0.29, 0.717) is 56.5 Å². The molecule has 8 fully saturated rings. The molecule has 330 valence electrons. The number of hydrogen-bond donors (Lipinski definition) is 4. The summed E-state index contributed by atoms with van der Waals surface area (Å²) in [5.74, 6) is -4.71. The van der Waals surface area contributed by atoms with E-state index in [0.717, 1.165) is 44.2 Å². The quantitative estimate of drug-likeness (QED) is 0.200. The lowest BCUT2D eigenvalue weighted by atomic mass is 9.77. The zero-order chi connectivity index (χ0) is 41.6. The van der Waals surface area contributed by atoms with Crippen LogP contribution in [-0.4, -0.2) is 112 Å². The van der Waals surface area contributed by atoms with Crippen LogP contribution in [0.15, 0.2) is 36.5 Å². The van der Waals surface area contributed by atoms with Gasteiger partial charge in [0.15, 0.2) is 23.1 Å². The molecule has 0 aromatic heterocycles. The second-order valence-corrected chi connectivity index (χ2v) is 20.4. The first-order chi connectivity index (χ1) is 28.0. The summed E-state index contributed by atoms with van der Waals surface area (Å²) in [6, 6.07) is 0. The Kier molecular flexibility index (Phi) is 11.2. The van der Waals surface area contributed by atoms with Gasteiger partial charge in [0, 0.05) is 70.4 Å². The second kappa shape index (κ2) is 15.5. The summed E-state index contributed by atoms with van der Waals surface area (Å²) in [4.78, 5) is 11.5. The van der Waals surface area contributed by atoms with E-state index >= 15 is 0 Å². The first-order valence-electron chi connectivity index (χ1n) is 22.8. The highest BCUT2D eigenvalue weighted by molar-refractivity contribution is 5.66. The Morgan fingerprint density at radius 1 is 0.898 bits per heavy atom. The number of allylic oxidation sites excluding steroid dienone is 1. The molecule has 18 atom stereocenters. The van der Waals surface area contributed by atoms with Gasteiger partial charge in [-0.25, -0.2) is 0 Å². The number of aliphatic hydroxyl groups excluding tert-OH is 1. The molecule has 3 spiro atoms. The van der Waals surface area contributed by atoms with Gasteiger partial charge in [-0.2, -0.15) is 0 Å². The maximum absolute atomic E-state index is 12.6. The molecule has 0 aromatic carbocycles. The minimum atomic E-state index is -2.03. The number of carboxylic acids is 1. The van der Waals surface area contributed by atoms with Gasteiger partial charge >= 0.3 is 5.97 Å². The normalized spacial score (nSPS) is 52.3. The Labute approximate surface area is 349 Å². The summed E-state index contributed by atoms with van der Waals surface area (Å²) in [7, 11) is 0. The Balaban J connectivity index is 0.939. The fourth-order valence-electron chi connectivity index (χ4n) is 12.5. The molecule has 9 aliphatic rings. The van der Waals surface area contributed by atoms with Crippen LogP contribution in [0.4, 0.5) is 0 Å². The number of rotatable bonds is 9. The van der Waals surface area contributed by atoms with Crippen LogP contribution in [0, 0.1) is 29.6 Å². The molecule has 0 saturated carbocycles. The molecule has 4 N–H and O–H groups in total. The molecule has 0 unspecified atom stereocenters. The second-order valence-electron chi connectivity index (χ2n) is 20.4. The van der Waals surface area contributed by atoms with E-state index in [1.54, 1.807) is 12.2 Å². The van der Waals surface area contributed by atoms with Crippen molar-refractivity contribution < 1.29 is 58.0 Å². The van der Waals surface area contributed by atoms with Gasteiger partial charge < -0.3 is 53.2 Å². The molecule has 0 amide bonds. The minimum Gasteiger partial charge on any atom is -0.481 e. The number of carbonyl (C=O) groups is 1. The van der Waals surface area contributed by atoms with Crippen molar-refractivity contribution in [3.8, 4) is 0 Å². The van der Waals surface area contributed by atoms with Crippen molar-refractivity contribution in [1.29, 1.82) is 0 Å². The smallest absolute Gasteiger partial charge is 0.303 e. The van der Waals surface area contributed by atoms with Gasteiger partial charge in [-0.15, -0.1) is 0 Å². The van der Waals surface area contributed by atoms with Crippen molar-refractivity contribution in [2.45, 2.75) is 202 Å². The van der Waals surface area contributed by atoms with Crippen molar-refractivity contribution in [2.75, 3.05) is 13.2 Å². The largest absolute Gasteiger partial charge is 0.481 e. The van der Waals surface area contributed by atoms with Gasteiger partial charge in [0.2, 0.25) is 0 Å². The average Bonchev–Trinajstić information content (AvgIpc) is 3.89. The zero-order valence-corrected chi connectivity index (χ0v) is 35.8. The summed E-state index contributed by atoms with van der Waals surface area (Å²) in [5.41, 5.74) is -1.19. The molecule has 13 nitrogen and oxygen atoms in total. The fraction of sp³-hybridized carbons (Fsp3) is 0.848. The number of aliphatic carboxylic acids is 1. The molecule has 13 heteroatoms. The predicted molar refractivity (Wildman–Crippen MR) is 214 cm³/mol. The van der Waals surface area contributed by atoms with Gasteiger partial charge in [-0.1, -0.05) is 59.4 Å². The highest BCUT2D eigenvalue weighted by atomic mass is 16.8. The van der Waals surface area contributed by atoms with Crippen molar-refractivity contribution >= 4 is 5.97 Å². The van der Waals surface area contributed by atoms with Gasteiger partial charge in [-0.3, -0.25) is 10.1 Å². The summed E-state index contributed by atoms with van der Waals surface area (Å²) in [6.45, 7) is 17.1. The molecular weight excluding hydrogens is 759 g/mol. The number of hydrogen-bond acceptors (Lipinski definition) is 12. The number of ether oxygens (including phenoxy) is 8. The van der Waals surface area contributed by atoms with Crippen molar-refractivity contribution in [3.05, 3.63) is 36.5 Å². The van der Waals surface area contributed by atoms with Gasteiger partial charge in [0.25, 0.3) is 0 Å². The Bertz CT molecular complexity index is 1670. The van der Waals surface area contributed by atoms with Crippen molar-refractivity contribution in [2.24, 2.45) is 29.6 Å². The molecular formula is C46H69NO12. The van der Waals surface area contributed by atoms with Crippen LogP contribution in [0.5, 0.6) is 0 Å². The molecule has 0 aromatic rings. The molecule has 0 aliphatic carbocycles. The number of nitrogens with one attached hydrogen (secondary N) is 1. The standard InChI is InChI=1S/C46H69NO12/c1-27-21-35-39-36(25-44(56-39)31(5)20-28(2)26-47-44)54-43(23-27,53-35)24-30(4)38-29(3)11-16-45(51,57-38)40(50)41(13-8-7-10-37(48)49)14-9-15-42(58-41)17-18-46(59-42)32(6)22-34-33(55-46)12-19-52-34/h8-9,13,15,27-29,31-36,38-40,47,50-51H,4,7,10-12,14,16-26H2,1-3,5-6H3,(H,48,49)/b13-8+/t27-,28+,29+,31-,32+,33+,34+,35-,36+,38+,39+,40+,41-,42+,43+,44-,45-,46-/m1/s1. The van der Waals surface area contributed by atoms with Gasteiger partial charge in [0.05, 0.1) is 30.5 Å². The lowest BCUT2D eigenvalue weighted by Crippen LogP contribution is -2.64. The Hall–Kier alpha value is -1.75. The topological polar surface area (TPSA) is 164 Å². The van der Waals surface area contributed by atoms with Crippen LogP contribution in [0.25, 0.3) is 0 Å². The molecule has 9 rings (SSSR count). The fourth-order valence-corrected chi connectivity index (χ4v) is 12.5. The van der Waals surface area contributed by atoms with Crippen molar-refractivity contribution in [1.82, 2.24) is 5.32 Å². The van der Waals surface area contributed by atoms with Crippen LogP contribution in [0.3, 0.4) is 0 Å². The van der Waals surface area contributed by atoms with E-state index in [1.807, 2.05) is 12.2 Å². The van der Waals surface area contributed by atoms with Crippen LogP contribution < -0.4 is 5.32 Å². The van der Waals surface area contributed by atoms with Gasteiger partial charge in [0.1, 0.15) is 23.5 Å². The molecule has 8 saturated heterocycles. The maximum Gasteiger partial charge on any atom is 0.303 e. The Morgan fingerprint density at radius 2 is 1.71 bits per heavy atom. The zero-order valence-electron chi connectivity index (χ0n) is 35.8. The SMILES string of the molecule is C=C(C[C@@]12C[C@H](C)C[C@@H](O1)[C@@H]1O[C@@]3(C[C@@H]1O2)NC[C@@H](C)C[C@H]3C)[C@H]1O[C@@](O)([C@@H](O)[C@@]2(/C=C/CCC(=O)O)CC=C[C@]3(CC[C@@]4(O[C@H]5CCO[C@H]5C[C@@H]4C)O3)O2)CC[C@@H]1C. The van der Waals surface area contributed by atoms with E-state index in [1.165, 1.54) is 0 Å². The molecule has 9 heterocycles. The lowest BCUT2D eigenvalue weighted by molar-refractivity contribution is -0.386. The maximum atomic E-state index is 12.6. The number of fused-ring (bicyclic) bond motifs is 5. The third kappa shape index (κ3) is 7.64. The summed E-state index contributed by atoms with van der Waals surface area (Å²) < 4.78 is 54.0. The first kappa shape index (κ1) is 42.5. The predicted octanol–water partition coefficient (Wildman–Crippen LogP) is 6.01. The number of piperidine rings is 1. The lowest BCUT2D eigenvalue weighted by Gasteiger charge is -2.53. The number of aliphatic hydroxyl groups is 2.